The summed E-state index contributed by atoms with van der Waals surface area (Å²) in [7, 11) is -3.49. The van der Waals surface area contributed by atoms with Gasteiger partial charge >= 0.3 is 0 Å². The number of benzene rings is 2. The third kappa shape index (κ3) is 7.55. The number of carbonyl (C=O) groups is 1. The van der Waals surface area contributed by atoms with Gasteiger partial charge in [0, 0.05) is 30.2 Å². The number of hydrogen-bond acceptors (Lipinski definition) is 5. The largest absolute Gasteiger partial charge is 0.492 e. The van der Waals surface area contributed by atoms with E-state index in [1.54, 1.807) is 30.3 Å². The smallest absolute Gasteiger partial charge is 0.243 e. The summed E-state index contributed by atoms with van der Waals surface area (Å²) in [5.41, 5.74) is 0.582. The van der Waals surface area contributed by atoms with Crippen molar-refractivity contribution in [2.45, 2.75) is 37.0 Å². The Labute approximate surface area is 209 Å². The number of halogens is 2. The number of nitrogens with zero attached hydrogens (tertiary/aromatic N) is 1. The minimum atomic E-state index is -3.49. The van der Waals surface area contributed by atoms with Crippen molar-refractivity contribution in [2.24, 2.45) is 0 Å². The highest BCUT2D eigenvalue weighted by molar-refractivity contribution is 7.89. The second kappa shape index (κ2) is 12.0. The summed E-state index contributed by atoms with van der Waals surface area (Å²) < 4.78 is 32.5. The summed E-state index contributed by atoms with van der Waals surface area (Å²) in [5, 5.41) is 6.55. The first-order chi connectivity index (χ1) is 15.8. The van der Waals surface area contributed by atoms with E-state index in [0.717, 1.165) is 19.3 Å². The fraction of sp³-hybridized carbons (Fsp3) is 0.364. The molecule has 0 aromatic heterocycles. The molecule has 33 heavy (non-hydrogen) atoms. The fourth-order valence-corrected chi connectivity index (χ4v) is 5.53. The van der Waals surface area contributed by atoms with Gasteiger partial charge in [-0.2, -0.15) is 4.31 Å². The fourth-order valence-electron chi connectivity index (χ4n) is 3.32. The molecule has 1 heterocycles. The predicted molar refractivity (Wildman–Crippen MR) is 135 cm³/mol. The Bertz CT molecular complexity index is 1090. The first-order valence-electron chi connectivity index (χ1n) is 10.5. The van der Waals surface area contributed by atoms with Gasteiger partial charge in [-0.25, -0.2) is 8.42 Å². The van der Waals surface area contributed by atoms with E-state index in [-0.39, 0.29) is 22.3 Å². The summed E-state index contributed by atoms with van der Waals surface area (Å²) in [4.78, 5) is 12.3. The molecule has 7 nitrogen and oxygen atoms in total. The van der Waals surface area contributed by atoms with Crippen LogP contribution in [0.2, 0.25) is 10.0 Å². The van der Waals surface area contributed by atoms with E-state index in [1.165, 1.54) is 16.4 Å². The third-order valence-corrected chi connectivity index (χ3v) is 7.67. The Balaban J connectivity index is 1.42. The molecule has 0 bridgehead atoms. The van der Waals surface area contributed by atoms with Gasteiger partial charge in [-0.1, -0.05) is 29.6 Å². The summed E-state index contributed by atoms with van der Waals surface area (Å²) in [6.07, 6.45) is 3.50. The van der Waals surface area contributed by atoms with E-state index in [4.69, 9.17) is 40.2 Å². The van der Waals surface area contributed by atoms with Gasteiger partial charge in [0.25, 0.3) is 0 Å². The van der Waals surface area contributed by atoms with Crippen LogP contribution >= 0.6 is 35.4 Å². The van der Waals surface area contributed by atoms with Crippen molar-refractivity contribution in [1.29, 1.82) is 0 Å². The van der Waals surface area contributed by atoms with Crippen LogP contribution in [0.15, 0.2) is 47.4 Å². The molecular formula is C22H25Cl2N3O4S2. The van der Waals surface area contributed by atoms with Crippen molar-refractivity contribution >= 4 is 62.2 Å². The third-order valence-electron chi connectivity index (χ3n) is 5.02. The van der Waals surface area contributed by atoms with Crippen LogP contribution in [-0.4, -0.2) is 43.4 Å². The molecule has 1 saturated heterocycles. The summed E-state index contributed by atoms with van der Waals surface area (Å²) in [5.74, 6) is 0.243. The monoisotopic (exact) mass is 529 g/mol. The van der Waals surface area contributed by atoms with Crippen LogP contribution in [0, 0.1) is 0 Å². The van der Waals surface area contributed by atoms with Gasteiger partial charge < -0.3 is 15.4 Å². The average Bonchev–Trinajstić information content (AvgIpc) is 2.79. The van der Waals surface area contributed by atoms with Crippen molar-refractivity contribution in [3.8, 4) is 5.75 Å². The number of hydrogen-bond donors (Lipinski definition) is 2. The second-order valence-corrected chi connectivity index (χ2v) is 10.7. The number of ether oxygens (including phenoxy) is 1. The van der Waals surface area contributed by atoms with Crippen LogP contribution < -0.4 is 15.4 Å². The number of thiocarbonyl (C=S) groups is 1. The normalized spacial score (nSPS) is 14.5. The zero-order valence-corrected chi connectivity index (χ0v) is 21.0. The zero-order chi connectivity index (χ0) is 23.8. The van der Waals surface area contributed by atoms with Crippen LogP contribution in [0.25, 0.3) is 0 Å². The molecule has 1 aliphatic rings. The molecule has 2 aromatic rings. The number of anilines is 1. The first-order valence-corrected chi connectivity index (χ1v) is 13.1. The van der Waals surface area contributed by atoms with Gasteiger partial charge in [-0.15, -0.1) is 0 Å². The maximum Gasteiger partial charge on any atom is 0.243 e. The van der Waals surface area contributed by atoms with Crippen LogP contribution in [-0.2, 0) is 14.8 Å². The Morgan fingerprint density at radius 2 is 1.76 bits per heavy atom. The van der Waals surface area contributed by atoms with E-state index >= 15 is 0 Å². The maximum atomic E-state index is 12.7. The van der Waals surface area contributed by atoms with Gasteiger partial charge in [-0.3, -0.25) is 4.79 Å². The van der Waals surface area contributed by atoms with Crippen molar-refractivity contribution in [2.75, 3.05) is 25.0 Å². The Morgan fingerprint density at radius 1 is 1.06 bits per heavy atom. The lowest BCUT2D eigenvalue weighted by Crippen LogP contribution is -2.35. The molecule has 0 aliphatic carbocycles. The summed E-state index contributed by atoms with van der Waals surface area (Å²) >= 11 is 17.1. The minimum absolute atomic E-state index is 0.133. The van der Waals surface area contributed by atoms with Crippen molar-refractivity contribution in [3.63, 3.8) is 0 Å². The predicted octanol–water partition coefficient (Wildman–Crippen LogP) is 4.84. The molecule has 3 rings (SSSR count). The molecule has 0 unspecified atom stereocenters. The lowest BCUT2D eigenvalue weighted by molar-refractivity contribution is -0.119. The lowest BCUT2D eigenvalue weighted by atomic mass is 10.2. The van der Waals surface area contributed by atoms with Gasteiger partial charge in [0.2, 0.25) is 15.9 Å². The first kappa shape index (κ1) is 25.7. The lowest BCUT2D eigenvalue weighted by Gasteiger charge is -2.25. The zero-order valence-electron chi connectivity index (χ0n) is 17.9. The van der Waals surface area contributed by atoms with Gasteiger partial charge in [0.15, 0.2) is 5.11 Å². The van der Waals surface area contributed by atoms with E-state index in [1.807, 2.05) is 0 Å². The SMILES string of the molecule is O=C(CCCOc1ccc(Cl)cc1Cl)NC(=S)Nc1ccc(S(=O)(=O)N2CCCCC2)cc1. The number of rotatable bonds is 8. The number of carbonyl (C=O) groups excluding carboxylic acids is 1. The summed E-state index contributed by atoms with van der Waals surface area (Å²) in [6.45, 7) is 1.41. The average molecular weight is 530 g/mol. The van der Waals surface area contributed by atoms with Crippen LogP contribution in [0.4, 0.5) is 5.69 Å². The molecule has 2 aromatic carbocycles. The summed E-state index contributed by atoms with van der Waals surface area (Å²) in [6, 6.07) is 11.3. The van der Waals surface area contributed by atoms with Crippen LogP contribution in [0.5, 0.6) is 5.75 Å². The topological polar surface area (TPSA) is 87.7 Å². The minimum Gasteiger partial charge on any atom is -0.492 e. The number of piperidine rings is 1. The van der Waals surface area contributed by atoms with Crippen molar-refractivity contribution < 1.29 is 17.9 Å². The molecule has 0 saturated carbocycles. The molecule has 1 amide bonds. The Kier molecular flexibility index (Phi) is 9.34. The standard InChI is InChI=1S/C22H25Cl2N3O4S2/c23-16-6-11-20(19(24)15-16)31-14-4-5-21(28)26-22(32)25-17-7-9-18(10-8-17)33(29,30)27-12-2-1-3-13-27/h6-11,15H,1-5,12-14H2,(H2,25,26,28,32). The molecule has 2 N–H and O–H groups in total. The molecule has 0 spiro atoms. The van der Waals surface area contributed by atoms with E-state index in [0.29, 0.717) is 47.6 Å². The molecule has 1 aliphatic heterocycles. The Hall–Kier alpha value is -1.91. The van der Waals surface area contributed by atoms with E-state index in [2.05, 4.69) is 10.6 Å². The second-order valence-electron chi connectivity index (χ2n) is 7.52. The van der Waals surface area contributed by atoms with Gasteiger partial charge in [0.1, 0.15) is 5.75 Å². The molecule has 178 valence electrons. The Morgan fingerprint density at radius 3 is 2.42 bits per heavy atom. The molecule has 11 heteroatoms. The van der Waals surface area contributed by atoms with E-state index < -0.39 is 10.0 Å². The van der Waals surface area contributed by atoms with Crippen molar-refractivity contribution in [3.05, 3.63) is 52.5 Å². The van der Waals surface area contributed by atoms with Crippen LogP contribution in [0.1, 0.15) is 32.1 Å². The molecule has 1 fully saturated rings. The number of amides is 1. The number of sulfonamides is 1. The van der Waals surface area contributed by atoms with Gasteiger partial charge in [-0.05, 0) is 73.9 Å². The van der Waals surface area contributed by atoms with Crippen LogP contribution in [0.3, 0.4) is 0 Å². The number of nitrogens with one attached hydrogen (secondary N) is 2. The van der Waals surface area contributed by atoms with E-state index in [9.17, 15) is 13.2 Å². The molecular weight excluding hydrogens is 505 g/mol. The van der Waals surface area contributed by atoms with Crippen molar-refractivity contribution in [1.82, 2.24) is 9.62 Å². The highest BCUT2D eigenvalue weighted by Gasteiger charge is 2.25. The molecule has 0 radical (unpaired) electrons. The maximum absolute atomic E-state index is 12.7. The quantitative estimate of drug-likeness (QED) is 0.375. The molecule has 0 atom stereocenters. The van der Waals surface area contributed by atoms with Gasteiger partial charge in [0.05, 0.1) is 16.5 Å². The highest BCUT2D eigenvalue weighted by atomic mass is 35.5. The highest BCUT2D eigenvalue weighted by Crippen LogP contribution is 2.27.